The van der Waals surface area contributed by atoms with Gasteiger partial charge in [-0.1, -0.05) is 0 Å². The Morgan fingerprint density at radius 1 is 1.59 bits per heavy atom. The first-order valence-corrected chi connectivity index (χ1v) is 5.69. The first-order chi connectivity index (χ1) is 7.87. The Kier molecular flexibility index (Phi) is 2.73. The average molecular weight is 238 g/mol. The van der Waals surface area contributed by atoms with Crippen molar-refractivity contribution in [1.29, 1.82) is 0 Å². The topological polar surface area (TPSA) is 93.0 Å². The van der Waals surface area contributed by atoms with Crippen molar-refractivity contribution in [3.63, 3.8) is 0 Å². The van der Waals surface area contributed by atoms with Gasteiger partial charge in [0, 0.05) is 5.56 Å². The lowest BCUT2D eigenvalue weighted by molar-refractivity contribution is 0.0502. The third kappa shape index (κ3) is 2.51. The highest BCUT2D eigenvalue weighted by molar-refractivity contribution is 5.68. The van der Waals surface area contributed by atoms with Crippen LogP contribution in [0, 0.1) is 0 Å². The molecule has 0 aliphatic heterocycles. The molecule has 1 amide bonds. The predicted molar refractivity (Wildman–Crippen MR) is 63.4 cm³/mol. The van der Waals surface area contributed by atoms with Crippen molar-refractivity contribution in [2.75, 3.05) is 5.73 Å². The maximum atomic E-state index is 11.6. The monoisotopic (exact) mass is 238 g/mol. The van der Waals surface area contributed by atoms with Crippen LogP contribution in [0.1, 0.15) is 44.5 Å². The largest absolute Gasteiger partial charge is 0.444 e. The predicted octanol–water partition coefficient (Wildman–Crippen LogP) is 1.50. The van der Waals surface area contributed by atoms with Gasteiger partial charge < -0.3 is 15.8 Å². The molecule has 1 aromatic heterocycles. The molecular weight excluding hydrogens is 220 g/mol. The Labute approximate surface area is 99.9 Å². The molecule has 1 unspecified atom stereocenters. The van der Waals surface area contributed by atoms with E-state index < -0.39 is 11.7 Å². The molecule has 0 radical (unpaired) electrons. The van der Waals surface area contributed by atoms with Gasteiger partial charge >= 0.3 is 6.09 Å². The molecule has 94 valence electrons. The number of amides is 1. The van der Waals surface area contributed by atoms with Crippen molar-refractivity contribution >= 4 is 11.9 Å². The molecule has 1 atom stereocenters. The standard InChI is InChI=1S/C11H18N4O2/c1-11(2,3)17-10(16)13-7-5-4-6-8(7)14-15-9(6)12/h7H,4-5H2,1-3H3,(H,13,16)(H3,12,14,15). The summed E-state index contributed by atoms with van der Waals surface area (Å²) >= 11 is 0. The number of carbonyl (C=O) groups is 1. The van der Waals surface area contributed by atoms with Crippen molar-refractivity contribution in [3.05, 3.63) is 11.3 Å². The number of carbonyl (C=O) groups excluding carboxylic acids is 1. The van der Waals surface area contributed by atoms with E-state index in [2.05, 4.69) is 15.5 Å². The van der Waals surface area contributed by atoms with Crippen molar-refractivity contribution in [2.24, 2.45) is 0 Å². The SMILES string of the molecule is CC(C)(C)OC(=O)NC1CCc2c(N)n[nH]c21. The van der Waals surface area contributed by atoms with E-state index in [0.717, 1.165) is 24.1 Å². The summed E-state index contributed by atoms with van der Waals surface area (Å²) in [7, 11) is 0. The molecule has 6 heteroatoms. The molecular formula is C11H18N4O2. The number of nitrogens with zero attached hydrogens (tertiary/aromatic N) is 1. The van der Waals surface area contributed by atoms with E-state index in [-0.39, 0.29) is 6.04 Å². The quantitative estimate of drug-likeness (QED) is 0.691. The summed E-state index contributed by atoms with van der Waals surface area (Å²) in [6, 6.07) is -0.0790. The number of ether oxygens (including phenoxy) is 1. The molecule has 0 fully saturated rings. The molecule has 2 rings (SSSR count). The summed E-state index contributed by atoms with van der Waals surface area (Å²) in [5, 5.41) is 9.61. The highest BCUT2D eigenvalue weighted by Gasteiger charge is 2.29. The molecule has 0 bridgehead atoms. The minimum absolute atomic E-state index is 0.0790. The maximum Gasteiger partial charge on any atom is 0.408 e. The number of fused-ring (bicyclic) bond motifs is 1. The fraction of sp³-hybridized carbons (Fsp3) is 0.636. The van der Waals surface area contributed by atoms with Crippen LogP contribution in [0.5, 0.6) is 0 Å². The summed E-state index contributed by atoms with van der Waals surface area (Å²) in [6.45, 7) is 5.50. The van der Waals surface area contributed by atoms with Crippen LogP contribution in [0.2, 0.25) is 0 Å². The molecule has 1 aliphatic carbocycles. The summed E-state index contributed by atoms with van der Waals surface area (Å²) in [6.07, 6.45) is 1.24. The van der Waals surface area contributed by atoms with Gasteiger partial charge in [-0.05, 0) is 33.6 Å². The second-order valence-corrected chi connectivity index (χ2v) is 5.24. The molecule has 6 nitrogen and oxygen atoms in total. The third-order valence-corrected chi connectivity index (χ3v) is 2.65. The van der Waals surface area contributed by atoms with Gasteiger partial charge in [-0.3, -0.25) is 5.10 Å². The van der Waals surface area contributed by atoms with Crippen molar-refractivity contribution in [3.8, 4) is 0 Å². The number of anilines is 1. The van der Waals surface area contributed by atoms with Gasteiger partial charge in [-0.15, -0.1) is 0 Å². The summed E-state index contributed by atoms with van der Waals surface area (Å²) < 4.78 is 5.21. The number of alkyl carbamates (subject to hydrolysis) is 1. The van der Waals surface area contributed by atoms with E-state index >= 15 is 0 Å². The zero-order valence-corrected chi connectivity index (χ0v) is 10.3. The highest BCUT2D eigenvalue weighted by Crippen LogP contribution is 2.32. The number of aromatic nitrogens is 2. The van der Waals surface area contributed by atoms with Crippen LogP contribution in [-0.2, 0) is 11.2 Å². The Balaban J connectivity index is 2.00. The van der Waals surface area contributed by atoms with Crippen LogP contribution >= 0.6 is 0 Å². The number of nitrogens with two attached hydrogens (primary N) is 1. The van der Waals surface area contributed by atoms with Gasteiger partial charge in [0.25, 0.3) is 0 Å². The first-order valence-electron chi connectivity index (χ1n) is 5.69. The van der Waals surface area contributed by atoms with Gasteiger partial charge in [0.15, 0.2) is 0 Å². The lowest BCUT2D eigenvalue weighted by Crippen LogP contribution is -2.34. The van der Waals surface area contributed by atoms with E-state index in [9.17, 15) is 4.79 Å². The number of hydrogen-bond donors (Lipinski definition) is 3. The minimum atomic E-state index is -0.488. The molecule has 0 aromatic carbocycles. The van der Waals surface area contributed by atoms with Crippen molar-refractivity contribution in [2.45, 2.75) is 45.3 Å². The molecule has 1 aromatic rings. The zero-order valence-electron chi connectivity index (χ0n) is 10.3. The van der Waals surface area contributed by atoms with Gasteiger partial charge in [-0.25, -0.2) is 4.79 Å². The van der Waals surface area contributed by atoms with Gasteiger partial charge in [-0.2, -0.15) is 5.10 Å². The normalized spacial score (nSPS) is 18.9. The van der Waals surface area contributed by atoms with Crippen molar-refractivity contribution in [1.82, 2.24) is 15.5 Å². The van der Waals surface area contributed by atoms with Crippen LogP contribution in [0.3, 0.4) is 0 Å². The molecule has 1 aliphatic rings. The number of aromatic amines is 1. The molecule has 0 saturated heterocycles. The Bertz CT molecular complexity index is 433. The van der Waals surface area contributed by atoms with Crippen LogP contribution < -0.4 is 11.1 Å². The zero-order chi connectivity index (χ0) is 12.6. The number of hydrogen-bond acceptors (Lipinski definition) is 4. The first kappa shape index (κ1) is 11.8. The second kappa shape index (κ2) is 3.94. The Morgan fingerprint density at radius 3 is 2.94 bits per heavy atom. The van der Waals surface area contributed by atoms with E-state index in [1.807, 2.05) is 20.8 Å². The second-order valence-electron chi connectivity index (χ2n) is 5.24. The number of rotatable bonds is 1. The van der Waals surface area contributed by atoms with Crippen LogP contribution in [0.4, 0.5) is 10.6 Å². The Morgan fingerprint density at radius 2 is 2.29 bits per heavy atom. The van der Waals surface area contributed by atoms with Crippen LogP contribution in [0.15, 0.2) is 0 Å². The molecule has 0 spiro atoms. The molecule has 4 N–H and O–H groups in total. The summed E-state index contributed by atoms with van der Waals surface area (Å²) in [5.74, 6) is 0.522. The smallest absolute Gasteiger partial charge is 0.408 e. The molecule has 0 saturated carbocycles. The van der Waals surface area contributed by atoms with E-state index in [1.165, 1.54) is 0 Å². The maximum absolute atomic E-state index is 11.6. The van der Waals surface area contributed by atoms with Gasteiger partial charge in [0.1, 0.15) is 11.4 Å². The average Bonchev–Trinajstić information content (AvgIpc) is 2.69. The van der Waals surface area contributed by atoms with Crippen LogP contribution in [0.25, 0.3) is 0 Å². The van der Waals surface area contributed by atoms with Gasteiger partial charge in [0.05, 0.1) is 11.7 Å². The number of nitrogen functional groups attached to an aromatic ring is 1. The van der Waals surface area contributed by atoms with Gasteiger partial charge in [0.2, 0.25) is 0 Å². The lowest BCUT2D eigenvalue weighted by Gasteiger charge is -2.21. The van der Waals surface area contributed by atoms with Crippen molar-refractivity contribution < 1.29 is 9.53 Å². The fourth-order valence-electron chi connectivity index (χ4n) is 1.97. The van der Waals surface area contributed by atoms with E-state index in [4.69, 9.17) is 10.5 Å². The number of H-pyrrole nitrogens is 1. The summed E-state index contributed by atoms with van der Waals surface area (Å²) in [4.78, 5) is 11.6. The molecule has 17 heavy (non-hydrogen) atoms. The molecule has 1 heterocycles. The third-order valence-electron chi connectivity index (χ3n) is 2.65. The van der Waals surface area contributed by atoms with Crippen LogP contribution in [-0.4, -0.2) is 21.9 Å². The minimum Gasteiger partial charge on any atom is -0.444 e. The van der Waals surface area contributed by atoms with E-state index in [1.54, 1.807) is 0 Å². The number of nitrogens with one attached hydrogen (secondary N) is 2. The highest BCUT2D eigenvalue weighted by atomic mass is 16.6. The lowest BCUT2D eigenvalue weighted by atomic mass is 10.2. The fourth-order valence-corrected chi connectivity index (χ4v) is 1.97. The van der Waals surface area contributed by atoms with E-state index in [0.29, 0.717) is 5.82 Å². The Hall–Kier alpha value is -1.72. The summed E-state index contributed by atoms with van der Waals surface area (Å²) in [5.41, 5.74) is 7.12.